The molecule has 2 aliphatic carbocycles. The maximum absolute atomic E-state index is 10.9. The number of carbonyl (C=O) groups is 1. The highest BCUT2D eigenvalue weighted by atomic mass is 79.9. The van der Waals surface area contributed by atoms with Crippen LogP contribution in [0.3, 0.4) is 0 Å². The smallest absolute Gasteiger partial charge is 0.313 e. The second-order valence-corrected chi connectivity index (χ2v) is 8.26. The molecule has 0 aromatic heterocycles. The molecule has 4 rings (SSSR count). The summed E-state index contributed by atoms with van der Waals surface area (Å²) < 4.78 is 1.10. The Labute approximate surface area is 153 Å². The molecule has 2 nitrogen and oxygen atoms in total. The van der Waals surface area contributed by atoms with E-state index in [0.29, 0.717) is 5.92 Å². The lowest BCUT2D eigenvalue weighted by atomic mass is 9.90. The second-order valence-electron chi connectivity index (χ2n) is 6.30. The lowest BCUT2D eigenvalue weighted by Gasteiger charge is -2.20. The third kappa shape index (κ3) is 2.93. The number of carboxylic acid groups (broad SMARTS) is 1. The second kappa shape index (κ2) is 6.41. The summed E-state index contributed by atoms with van der Waals surface area (Å²) in [6.45, 7) is 0. The van der Waals surface area contributed by atoms with E-state index in [1.54, 1.807) is 0 Å². The van der Waals surface area contributed by atoms with E-state index in [2.05, 4.69) is 52.3 Å². The summed E-state index contributed by atoms with van der Waals surface area (Å²) in [5.74, 6) is 0.126. The molecule has 1 unspecified atom stereocenters. The van der Waals surface area contributed by atoms with Crippen molar-refractivity contribution in [1.82, 2.24) is 0 Å². The van der Waals surface area contributed by atoms with Crippen molar-refractivity contribution in [2.24, 2.45) is 0 Å². The van der Waals surface area contributed by atoms with Gasteiger partial charge in [-0.15, -0.1) is 11.8 Å². The molecule has 4 heteroatoms. The number of fused-ring (bicyclic) bond motifs is 1. The Morgan fingerprint density at radius 1 is 1.08 bits per heavy atom. The quantitative estimate of drug-likeness (QED) is 0.689. The summed E-state index contributed by atoms with van der Waals surface area (Å²) in [5.41, 5.74) is 2.70. The van der Waals surface area contributed by atoms with Gasteiger partial charge in [0.25, 0.3) is 0 Å². The van der Waals surface area contributed by atoms with Crippen LogP contribution in [0.5, 0.6) is 0 Å². The van der Waals surface area contributed by atoms with E-state index in [-0.39, 0.29) is 11.7 Å². The first kappa shape index (κ1) is 16.0. The minimum Gasteiger partial charge on any atom is -0.481 e. The first-order valence-corrected chi connectivity index (χ1v) is 9.86. The first-order valence-electron chi connectivity index (χ1n) is 8.08. The topological polar surface area (TPSA) is 37.3 Å². The number of benzene rings is 2. The Balaban J connectivity index is 1.78. The van der Waals surface area contributed by atoms with Crippen LogP contribution in [0.25, 0.3) is 10.8 Å². The summed E-state index contributed by atoms with van der Waals surface area (Å²) in [4.78, 5) is 12.0. The van der Waals surface area contributed by atoms with Crippen LogP contribution in [-0.4, -0.2) is 16.8 Å². The van der Waals surface area contributed by atoms with Crippen molar-refractivity contribution < 1.29 is 9.90 Å². The van der Waals surface area contributed by atoms with Gasteiger partial charge in [-0.2, -0.15) is 0 Å². The number of thioether (sulfide) groups is 1. The minimum absolute atomic E-state index is 0.0918. The lowest BCUT2D eigenvalue weighted by Crippen LogP contribution is -2.03. The van der Waals surface area contributed by atoms with Gasteiger partial charge in [0.15, 0.2) is 0 Å². The summed E-state index contributed by atoms with van der Waals surface area (Å²) in [5, 5.41) is 11.6. The van der Waals surface area contributed by atoms with Crippen LogP contribution in [0.1, 0.15) is 35.8 Å². The van der Waals surface area contributed by atoms with Crippen molar-refractivity contribution in [3.05, 3.63) is 69.1 Å². The van der Waals surface area contributed by atoms with E-state index < -0.39 is 5.97 Å². The fourth-order valence-corrected chi connectivity index (χ4v) is 5.07. The van der Waals surface area contributed by atoms with Gasteiger partial charge in [-0.1, -0.05) is 64.5 Å². The van der Waals surface area contributed by atoms with Crippen LogP contribution in [0.15, 0.2) is 57.9 Å². The molecule has 0 bridgehead atoms. The highest BCUT2D eigenvalue weighted by molar-refractivity contribution is 9.11. The van der Waals surface area contributed by atoms with Gasteiger partial charge in [-0.25, -0.2) is 0 Å². The monoisotopic (exact) mass is 400 g/mol. The molecule has 2 aliphatic rings. The van der Waals surface area contributed by atoms with Gasteiger partial charge < -0.3 is 5.11 Å². The van der Waals surface area contributed by atoms with E-state index in [1.165, 1.54) is 46.5 Å². The minimum atomic E-state index is -0.781. The van der Waals surface area contributed by atoms with Crippen molar-refractivity contribution in [1.29, 1.82) is 0 Å². The molecule has 2 aromatic rings. The third-order valence-electron chi connectivity index (χ3n) is 4.65. The van der Waals surface area contributed by atoms with Crippen molar-refractivity contribution in [2.75, 3.05) is 5.75 Å². The molecule has 1 atom stereocenters. The number of hydrogen-bond donors (Lipinski definition) is 1. The van der Waals surface area contributed by atoms with Gasteiger partial charge >= 0.3 is 5.97 Å². The fraction of sp³-hybridized carbons (Fsp3) is 0.250. The van der Waals surface area contributed by atoms with Crippen molar-refractivity contribution >= 4 is 44.4 Å². The summed E-state index contributed by atoms with van der Waals surface area (Å²) in [6, 6.07) is 13.1. The van der Waals surface area contributed by atoms with Crippen molar-refractivity contribution in [2.45, 2.75) is 24.7 Å². The van der Waals surface area contributed by atoms with Crippen LogP contribution < -0.4 is 0 Å². The normalized spacial score (nSPS) is 20.1. The number of allylic oxidation sites excluding steroid dienone is 4. The van der Waals surface area contributed by atoms with Crippen LogP contribution in [-0.2, 0) is 4.79 Å². The Morgan fingerprint density at radius 3 is 2.42 bits per heavy atom. The predicted molar refractivity (Wildman–Crippen MR) is 104 cm³/mol. The molecule has 0 spiro atoms. The SMILES string of the molecule is O=C(O)CSC1=CC=C(Br)C1c1ccc(C2CC2)c2ccccc12. The molecular formula is C20H17BrO2S. The average Bonchev–Trinajstić information content (AvgIpc) is 3.35. The maximum Gasteiger partial charge on any atom is 0.313 e. The molecule has 24 heavy (non-hydrogen) atoms. The molecule has 122 valence electrons. The average molecular weight is 401 g/mol. The zero-order valence-electron chi connectivity index (χ0n) is 13.0. The molecule has 1 saturated carbocycles. The Morgan fingerprint density at radius 2 is 1.75 bits per heavy atom. The summed E-state index contributed by atoms with van der Waals surface area (Å²) in [7, 11) is 0. The molecule has 0 heterocycles. The standard InChI is InChI=1S/C20H17BrO2S/c21-17-9-10-18(24-11-19(22)23)20(17)16-8-7-13(12-5-6-12)14-3-1-2-4-15(14)16/h1-4,7-10,12,20H,5-6,11H2,(H,22,23). The zero-order valence-corrected chi connectivity index (χ0v) is 15.4. The van der Waals surface area contributed by atoms with Gasteiger partial charge in [0, 0.05) is 10.4 Å². The van der Waals surface area contributed by atoms with Crippen LogP contribution in [0.4, 0.5) is 0 Å². The van der Waals surface area contributed by atoms with Gasteiger partial charge in [0.1, 0.15) is 0 Å². The Bertz CT molecular complexity index is 880. The molecule has 0 saturated heterocycles. The predicted octanol–water partition coefficient (Wildman–Crippen LogP) is 5.79. The van der Waals surface area contributed by atoms with E-state index in [0.717, 1.165) is 9.39 Å². The molecule has 0 radical (unpaired) electrons. The van der Waals surface area contributed by atoms with E-state index in [1.807, 2.05) is 12.2 Å². The van der Waals surface area contributed by atoms with Crippen LogP contribution in [0.2, 0.25) is 0 Å². The Kier molecular flexibility index (Phi) is 4.27. The lowest BCUT2D eigenvalue weighted by molar-refractivity contribution is -0.133. The van der Waals surface area contributed by atoms with Crippen LogP contribution >= 0.6 is 27.7 Å². The summed E-state index contributed by atoms with van der Waals surface area (Å²) >= 11 is 5.09. The van der Waals surface area contributed by atoms with Crippen LogP contribution in [0, 0.1) is 0 Å². The Hall–Kier alpha value is -1.52. The fourth-order valence-electron chi connectivity index (χ4n) is 3.42. The van der Waals surface area contributed by atoms with Gasteiger partial charge in [0.05, 0.1) is 5.75 Å². The third-order valence-corrected chi connectivity index (χ3v) is 6.47. The number of halogens is 1. The highest BCUT2D eigenvalue weighted by Crippen LogP contribution is 2.49. The van der Waals surface area contributed by atoms with Gasteiger partial charge in [-0.05, 0) is 45.6 Å². The summed E-state index contributed by atoms with van der Waals surface area (Å²) in [6.07, 6.45) is 6.65. The molecule has 1 N–H and O–H groups in total. The van der Waals surface area contributed by atoms with E-state index >= 15 is 0 Å². The number of rotatable bonds is 5. The first-order chi connectivity index (χ1) is 11.6. The van der Waals surface area contributed by atoms with Gasteiger partial charge in [0.2, 0.25) is 0 Å². The zero-order chi connectivity index (χ0) is 16.7. The number of aliphatic carboxylic acids is 1. The van der Waals surface area contributed by atoms with Crippen molar-refractivity contribution in [3.8, 4) is 0 Å². The molecule has 2 aromatic carbocycles. The maximum atomic E-state index is 10.9. The number of carboxylic acids is 1. The van der Waals surface area contributed by atoms with E-state index in [9.17, 15) is 4.79 Å². The van der Waals surface area contributed by atoms with Crippen molar-refractivity contribution in [3.63, 3.8) is 0 Å². The highest BCUT2D eigenvalue weighted by Gasteiger charge is 2.29. The number of hydrogen-bond acceptors (Lipinski definition) is 2. The molecule has 0 amide bonds. The largest absolute Gasteiger partial charge is 0.481 e. The van der Waals surface area contributed by atoms with E-state index in [4.69, 9.17) is 5.11 Å². The molecular weight excluding hydrogens is 384 g/mol. The van der Waals surface area contributed by atoms with Gasteiger partial charge in [-0.3, -0.25) is 4.79 Å². The molecule has 0 aliphatic heterocycles. The molecule has 1 fully saturated rings.